The van der Waals surface area contributed by atoms with Crippen molar-refractivity contribution in [2.24, 2.45) is 0 Å². The molecule has 1 heterocycles. The predicted molar refractivity (Wildman–Crippen MR) is 36.6 cm³/mol. The summed E-state index contributed by atoms with van der Waals surface area (Å²) in [6.07, 6.45) is 3.81. The smallest absolute Gasteiger partial charge is 0.178 e. The molecule has 0 saturated heterocycles. The lowest BCUT2D eigenvalue weighted by atomic mass is 10.4. The Morgan fingerprint density at radius 2 is 2.00 bits per heavy atom. The van der Waals surface area contributed by atoms with Gasteiger partial charge in [-0.25, -0.2) is 8.42 Å². The molecule has 0 aromatic carbocycles. The molecule has 0 fully saturated rings. The minimum Gasteiger partial charge on any atom is -0.471 e. The highest BCUT2D eigenvalue weighted by atomic mass is 32.2. The van der Waals surface area contributed by atoms with Gasteiger partial charge in [0.15, 0.2) is 9.84 Å². The van der Waals surface area contributed by atoms with Crippen LogP contribution in [0, 0.1) is 6.92 Å². The van der Waals surface area contributed by atoms with Crippen LogP contribution in [0.5, 0.6) is 0 Å². The normalized spacial score (nSPS) is 11.8. The molecule has 0 unspecified atom stereocenters. The fourth-order valence-corrected chi connectivity index (χ4v) is 1.59. The summed E-state index contributed by atoms with van der Waals surface area (Å²) < 4.78 is 26.4. The molecule has 1 rings (SSSR count). The molecule has 0 radical (unpaired) electrons. The van der Waals surface area contributed by atoms with Gasteiger partial charge in [0.05, 0.1) is 6.26 Å². The Kier molecular flexibility index (Phi) is 1.56. The van der Waals surface area contributed by atoms with Gasteiger partial charge in [0.1, 0.15) is 11.2 Å². The Morgan fingerprint density at radius 3 is 2.20 bits per heavy atom. The van der Waals surface area contributed by atoms with Gasteiger partial charge in [0.25, 0.3) is 0 Å². The van der Waals surface area contributed by atoms with Crippen molar-refractivity contribution in [1.82, 2.24) is 0 Å². The van der Waals surface area contributed by atoms with Crippen LogP contribution in [0.3, 0.4) is 0 Å². The lowest BCUT2D eigenvalue weighted by Crippen LogP contribution is -1.95. The van der Waals surface area contributed by atoms with E-state index in [2.05, 4.69) is 0 Å². The van der Waals surface area contributed by atoms with E-state index in [1.165, 1.54) is 12.5 Å². The third kappa shape index (κ3) is 1.21. The molecule has 0 atom stereocenters. The van der Waals surface area contributed by atoms with Crippen LogP contribution in [0.15, 0.2) is 21.8 Å². The van der Waals surface area contributed by atoms with Gasteiger partial charge in [-0.15, -0.1) is 0 Å². The van der Waals surface area contributed by atoms with Crippen LogP contribution in [0.4, 0.5) is 0 Å². The van der Waals surface area contributed by atoms with Gasteiger partial charge in [-0.05, 0) is 6.92 Å². The first kappa shape index (κ1) is 7.34. The van der Waals surface area contributed by atoms with Gasteiger partial charge in [-0.3, -0.25) is 0 Å². The molecule has 0 spiro atoms. The summed E-state index contributed by atoms with van der Waals surface area (Å²) in [7, 11) is -3.08. The van der Waals surface area contributed by atoms with Crippen molar-refractivity contribution in [2.45, 2.75) is 11.8 Å². The van der Waals surface area contributed by atoms with E-state index in [1.807, 2.05) is 0 Å². The van der Waals surface area contributed by atoms with Crippen LogP contribution in [-0.4, -0.2) is 14.7 Å². The topological polar surface area (TPSA) is 47.3 Å². The second kappa shape index (κ2) is 2.12. The first-order valence-electron chi connectivity index (χ1n) is 2.74. The maximum atomic E-state index is 10.9. The minimum absolute atomic E-state index is 0.271. The molecule has 1 aromatic rings. The second-order valence-corrected chi connectivity index (χ2v) is 4.18. The molecular formula is C6H8O3S. The van der Waals surface area contributed by atoms with Gasteiger partial charge in [-0.1, -0.05) is 0 Å². The lowest BCUT2D eigenvalue weighted by molar-refractivity contribution is 0.556. The average Bonchev–Trinajstić information content (AvgIpc) is 2.11. The third-order valence-corrected chi connectivity index (χ3v) is 2.43. The molecule has 56 valence electrons. The quantitative estimate of drug-likeness (QED) is 0.615. The minimum atomic E-state index is -3.08. The highest BCUT2D eigenvalue weighted by Crippen LogP contribution is 2.14. The lowest BCUT2D eigenvalue weighted by Gasteiger charge is -1.90. The van der Waals surface area contributed by atoms with Crippen LogP contribution in [-0.2, 0) is 9.84 Å². The zero-order valence-corrected chi connectivity index (χ0v) is 6.60. The predicted octanol–water partition coefficient (Wildman–Crippen LogP) is 0.992. The molecule has 0 N–H and O–H groups in total. The summed E-state index contributed by atoms with van der Waals surface area (Å²) in [6, 6.07) is 0. The number of furan rings is 1. The molecule has 4 heteroatoms. The Hall–Kier alpha value is -0.770. The molecule has 0 bridgehead atoms. The van der Waals surface area contributed by atoms with Crippen molar-refractivity contribution >= 4 is 9.84 Å². The number of hydrogen-bond donors (Lipinski definition) is 0. The van der Waals surface area contributed by atoms with Crippen LogP contribution >= 0.6 is 0 Å². The van der Waals surface area contributed by atoms with Gasteiger partial charge >= 0.3 is 0 Å². The van der Waals surface area contributed by atoms with E-state index >= 15 is 0 Å². The molecule has 10 heavy (non-hydrogen) atoms. The van der Waals surface area contributed by atoms with Crippen molar-refractivity contribution in [3.8, 4) is 0 Å². The van der Waals surface area contributed by atoms with E-state index in [9.17, 15) is 8.42 Å². The summed E-state index contributed by atoms with van der Waals surface area (Å²) in [5, 5.41) is 0. The number of rotatable bonds is 1. The molecule has 0 saturated carbocycles. The molecule has 0 aliphatic carbocycles. The fourth-order valence-electron chi connectivity index (χ4n) is 0.729. The number of aryl methyl sites for hydroxylation is 1. The standard InChI is InChI=1S/C6H8O3S/c1-5-3-9-4-6(5)10(2,7)8/h3-4H,1-2H3. The molecule has 3 nitrogen and oxygen atoms in total. The Bertz CT molecular complexity index is 321. The van der Waals surface area contributed by atoms with Crippen molar-refractivity contribution in [3.05, 3.63) is 18.1 Å². The van der Waals surface area contributed by atoms with E-state index in [0.29, 0.717) is 5.56 Å². The summed E-state index contributed by atoms with van der Waals surface area (Å²) in [6.45, 7) is 1.69. The largest absolute Gasteiger partial charge is 0.471 e. The van der Waals surface area contributed by atoms with Gasteiger partial charge in [0.2, 0.25) is 0 Å². The summed E-state index contributed by atoms with van der Waals surface area (Å²) in [5.74, 6) is 0. The van der Waals surface area contributed by atoms with Crippen LogP contribution in [0.25, 0.3) is 0 Å². The maximum Gasteiger partial charge on any atom is 0.178 e. The first-order chi connectivity index (χ1) is 4.52. The summed E-state index contributed by atoms with van der Waals surface area (Å²) >= 11 is 0. The zero-order valence-electron chi connectivity index (χ0n) is 5.79. The number of sulfone groups is 1. The fraction of sp³-hybridized carbons (Fsp3) is 0.333. The summed E-state index contributed by atoms with van der Waals surface area (Å²) in [5.41, 5.74) is 0.655. The average molecular weight is 160 g/mol. The zero-order chi connectivity index (χ0) is 7.78. The molecule has 0 amide bonds. The SMILES string of the molecule is Cc1cocc1S(C)(=O)=O. The van der Waals surface area contributed by atoms with Crippen molar-refractivity contribution in [2.75, 3.05) is 6.26 Å². The van der Waals surface area contributed by atoms with E-state index < -0.39 is 9.84 Å². The first-order valence-corrected chi connectivity index (χ1v) is 4.64. The van der Waals surface area contributed by atoms with Crippen LogP contribution < -0.4 is 0 Å². The third-order valence-electron chi connectivity index (χ3n) is 1.21. The monoisotopic (exact) mass is 160 g/mol. The molecule has 0 aliphatic heterocycles. The van der Waals surface area contributed by atoms with E-state index in [1.54, 1.807) is 6.92 Å². The molecule has 0 aliphatic rings. The molecular weight excluding hydrogens is 152 g/mol. The van der Waals surface area contributed by atoms with E-state index in [4.69, 9.17) is 4.42 Å². The Morgan fingerprint density at radius 1 is 1.40 bits per heavy atom. The highest BCUT2D eigenvalue weighted by molar-refractivity contribution is 7.90. The number of hydrogen-bond acceptors (Lipinski definition) is 3. The second-order valence-electron chi connectivity index (χ2n) is 2.19. The van der Waals surface area contributed by atoms with Crippen molar-refractivity contribution in [3.63, 3.8) is 0 Å². The van der Waals surface area contributed by atoms with E-state index in [-0.39, 0.29) is 4.90 Å². The Balaban J connectivity index is 3.32. The van der Waals surface area contributed by atoms with Crippen molar-refractivity contribution < 1.29 is 12.8 Å². The van der Waals surface area contributed by atoms with Crippen LogP contribution in [0.1, 0.15) is 5.56 Å². The van der Waals surface area contributed by atoms with Gasteiger partial charge in [0, 0.05) is 11.8 Å². The Labute approximate surface area is 59.6 Å². The maximum absolute atomic E-state index is 10.9. The van der Waals surface area contributed by atoms with Crippen molar-refractivity contribution in [1.29, 1.82) is 0 Å². The summed E-state index contributed by atoms with van der Waals surface area (Å²) in [4.78, 5) is 0.271. The van der Waals surface area contributed by atoms with Gasteiger partial charge < -0.3 is 4.42 Å². The molecule has 1 aromatic heterocycles. The highest BCUT2D eigenvalue weighted by Gasteiger charge is 2.11. The van der Waals surface area contributed by atoms with Crippen LogP contribution in [0.2, 0.25) is 0 Å². The van der Waals surface area contributed by atoms with E-state index in [0.717, 1.165) is 6.26 Å². The van der Waals surface area contributed by atoms with Gasteiger partial charge in [-0.2, -0.15) is 0 Å².